The predicted octanol–water partition coefficient (Wildman–Crippen LogP) is 1.90. The molecule has 0 radical (unpaired) electrons. The Kier molecular flexibility index (Phi) is 4.67. The first-order chi connectivity index (χ1) is 11.8. The third kappa shape index (κ3) is 4.30. The van der Waals surface area contributed by atoms with Crippen LogP contribution >= 0.6 is 0 Å². The molecule has 0 aliphatic heterocycles. The maximum absolute atomic E-state index is 12.2. The van der Waals surface area contributed by atoms with Gasteiger partial charge in [0.1, 0.15) is 0 Å². The Morgan fingerprint density at radius 1 is 1.32 bits per heavy atom. The minimum absolute atomic E-state index is 0.345. The Hall–Kier alpha value is -2.55. The topological polar surface area (TPSA) is 116 Å². The van der Waals surface area contributed by atoms with Crippen LogP contribution in [0.4, 0.5) is 16.2 Å². The van der Waals surface area contributed by atoms with E-state index in [0.717, 1.165) is 42.5 Å². The van der Waals surface area contributed by atoms with Gasteiger partial charge in [0.15, 0.2) is 0 Å². The minimum atomic E-state index is -3.37. The van der Waals surface area contributed by atoms with Gasteiger partial charge in [0, 0.05) is 11.4 Å². The number of aryl methyl sites for hydroxylation is 2. The van der Waals surface area contributed by atoms with Gasteiger partial charge in [0.25, 0.3) is 0 Å². The van der Waals surface area contributed by atoms with Crippen LogP contribution in [-0.2, 0) is 29.4 Å². The van der Waals surface area contributed by atoms with Crippen molar-refractivity contribution in [3.05, 3.63) is 40.7 Å². The molecule has 1 aromatic carbocycles. The van der Waals surface area contributed by atoms with E-state index in [1.54, 1.807) is 18.2 Å². The molecule has 134 valence electrons. The van der Waals surface area contributed by atoms with Gasteiger partial charge in [0.05, 0.1) is 24.2 Å². The van der Waals surface area contributed by atoms with Gasteiger partial charge in [-0.05, 0) is 49.4 Å². The van der Waals surface area contributed by atoms with Crippen molar-refractivity contribution in [3.63, 3.8) is 0 Å². The van der Waals surface area contributed by atoms with E-state index in [0.29, 0.717) is 17.9 Å². The van der Waals surface area contributed by atoms with Crippen LogP contribution in [0.5, 0.6) is 0 Å². The molecule has 2 amide bonds. The summed E-state index contributed by atoms with van der Waals surface area (Å²) in [5.41, 5.74) is 5.00. The van der Waals surface area contributed by atoms with Gasteiger partial charge in [-0.2, -0.15) is 5.10 Å². The lowest BCUT2D eigenvalue weighted by atomic mass is 10.2. The van der Waals surface area contributed by atoms with Crippen LogP contribution in [0.1, 0.15) is 28.9 Å². The number of fused-ring (bicyclic) bond motifs is 1. The molecule has 0 spiro atoms. The van der Waals surface area contributed by atoms with Gasteiger partial charge < -0.3 is 10.6 Å². The number of H-pyrrole nitrogens is 1. The number of nitrogens with zero attached hydrogens (tertiary/aromatic N) is 1. The summed E-state index contributed by atoms with van der Waals surface area (Å²) in [5, 5.41) is 12.8. The second-order valence-corrected chi connectivity index (χ2v) is 7.94. The predicted molar refractivity (Wildman–Crippen MR) is 96.1 cm³/mol. The van der Waals surface area contributed by atoms with E-state index in [9.17, 15) is 13.2 Å². The highest BCUT2D eigenvalue weighted by Crippen LogP contribution is 2.23. The molecule has 1 aliphatic rings. The van der Waals surface area contributed by atoms with Crippen LogP contribution in [0.3, 0.4) is 0 Å². The molecule has 0 bridgehead atoms. The van der Waals surface area contributed by atoms with Gasteiger partial charge >= 0.3 is 6.03 Å². The highest BCUT2D eigenvalue weighted by molar-refractivity contribution is 7.92. The molecule has 3 rings (SSSR count). The van der Waals surface area contributed by atoms with Gasteiger partial charge in [-0.15, -0.1) is 0 Å². The molecule has 4 N–H and O–H groups in total. The van der Waals surface area contributed by atoms with Crippen molar-refractivity contribution in [3.8, 4) is 0 Å². The second kappa shape index (κ2) is 6.75. The number of benzene rings is 1. The number of rotatable bonds is 5. The fraction of sp³-hybridized carbons (Fsp3) is 0.375. The summed E-state index contributed by atoms with van der Waals surface area (Å²) < 4.78 is 25.0. The molecule has 0 unspecified atom stereocenters. The lowest BCUT2D eigenvalue weighted by molar-refractivity contribution is 0.251. The highest BCUT2D eigenvalue weighted by atomic mass is 32.2. The summed E-state index contributed by atoms with van der Waals surface area (Å²) in [4.78, 5) is 12.2. The van der Waals surface area contributed by atoms with E-state index in [4.69, 9.17) is 0 Å². The van der Waals surface area contributed by atoms with Gasteiger partial charge in [-0.3, -0.25) is 9.82 Å². The SMILES string of the molecule is Cc1ccc(NS(C)(=O)=O)cc1NC(=O)NCc1n[nH]c2c1CCC2. The van der Waals surface area contributed by atoms with Crippen LogP contribution in [0.2, 0.25) is 0 Å². The first kappa shape index (κ1) is 17.3. The maximum Gasteiger partial charge on any atom is 0.319 e. The maximum atomic E-state index is 12.2. The zero-order chi connectivity index (χ0) is 18.0. The number of hydrogen-bond acceptors (Lipinski definition) is 4. The molecule has 2 aromatic rings. The van der Waals surface area contributed by atoms with E-state index < -0.39 is 10.0 Å². The summed E-state index contributed by atoms with van der Waals surface area (Å²) in [6.45, 7) is 2.18. The number of carbonyl (C=O) groups excluding carboxylic acids is 1. The van der Waals surface area contributed by atoms with Crippen LogP contribution in [-0.4, -0.2) is 30.9 Å². The molecule has 0 saturated heterocycles. The monoisotopic (exact) mass is 363 g/mol. The van der Waals surface area contributed by atoms with Crippen molar-refractivity contribution in [2.75, 3.05) is 16.3 Å². The smallest absolute Gasteiger partial charge is 0.319 e. The number of nitrogens with one attached hydrogen (secondary N) is 4. The minimum Gasteiger partial charge on any atom is -0.332 e. The van der Waals surface area contributed by atoms with Crippen molar-refractivity contribution in [2.45, 2.75) is 32.7 Å². The summed E-state index contributed by atoms with van der Waals surface area (Å²) in [6.07, 6.45) is 4.19. The Morgan fingerprint density at radius 2 is 2.12 bits per heavy atom. The fourth-order valence-electron chi connectivity index (χ4n) is 2.90. The average Bonchev–Trinajstić information content (AvgIpc) is 3.11. The first-order valence-corrected chi connectivity index (χ1v) is 9.89. The Labute approximate surface area is 146 Å². The van der Waals surface area contributed by atoms with Crippen molar-refractivity contribution in [1.29, 1.82) is 0 Å². The average molecular weight is 363 g/mol. The molecule has 0 fully saturated rings. The fourth-order valence-corrected chi connectivity index (χ4v) is 3.45. The first-order valence-electron chi connectivity index (χ1n) is 8.00. The lowest BCUT2D eigenvalue weighted by Crippen LogP contribution is -2.29. The van der Waals surface area contributed by atoms with Crippen molar-refractivity contribution < 1.29 is 13.2 Å². The van der Waals surface area contributed by atoms with Gasteiger partial charge in [0.2, 0.25) is 10.0 Å². The standard InChI is InChI=1S/C16H21N5O3S/c1-10-6-7-11(21-25(2,23)24)8-14(10)18-16(22)17-9-15-12-4-3-5-13(12)19-20-15/h6-8,21H,3-5,9H2,1-2H3,(H,19,20)(H2,17,18,22). The molecule has 1 heterocycles. The molecule has 9 heteroatoms. The highest BCUT2D eigenvalue weighted by Gasteiger charge is 2.18. The van der Waals surface area contributed by atoms with Gasteiger partial charge in [-0.1, -0.05) is 6.07 Å². The van der Waals surface area contributed by atoms with E-state index in [2.05, 4.69) is 25.6 Å². The van der Waals surface area contributed by atoms with Crippen LogP contribution < -0.4 is 15.4 Å². The number of aromatic nitrogens is 2. The molecular formula is C16H21N5O3S. The van der Waals surface area contributed by atoms with E-state index in [-0.39, 0.29) is 6.03 Å². The van der Waals surface area contributed by atoms with E-state index in [1.807, 2.05) is 6.92 Å². The summed E-state index contributed by atoms with van der Waals surface area (Å²) in [6, 6.07) is 4.60. The zero-order valence-corrected chi connectivity index (χ0v) is 15.0. The molecule has 25 heavy (non-hydrogen) atoms. The van der Waals surface area contributed by atoms with Crippen molar-refractivity contribution in [1.82, 2.24) is 15.5 Å². The summed E-state index contributed by atoms with van der Waals surface area (Å²) in [7, 11) is -3.37. The van der Waals surface area contributed by atoms with Crippen LogP contribution in [0.15, 0.2) is 18.2 Å². The number of aromatic amines is 1. The number of sulfonamides is 1. The Morgan fingerprint density at radius 3 is 2.88 bits per heavy atom. The molecular weight excluding hydrogens is 342 g/mol. The second-order valence-electron chi connectivity index (χ2n) is 6.19. The number of hydrogen-bond donors (Lipinski definition) is 4. The van der Waals surface area contributed by atoms with Gasteiger partial charge in [-0.25, -0.2) is 13.2 Å². The zero-order valence-electron chi connectivity index (χ0n) is 14.1. The largest absolute Gasteiger partial charge is 0.332 e. The summed E-state index contributed by atoms with van der Waals surface area (Å²) in [5.74, 6) is 0. The Bertz CT molecular complexity index is 904. The normalized spacial score (nSPS) is 13.4. The third-order valence-electron chi connectivity index (χ3n) is 4.10. The summed E-state index contributed by atoms with van der Waals surface area (Å²) >= 11 is 0. The Balaban J connectivity index is 1.63. The van der Waals surface area contributed by atoms with Crippen LogP contribution in [0.25, 0.3) is 0 Å². The van der Waals surface area contributed by atoms with Crippen molar-refractivity contribution >= 4 is 27.4 Å². The number of anilines is 2. The van der Waals surface area contributed by atoms with E-state index >= 15 is 0 Å². The molecule has 8 nitrogen and oxygen atoms in total. The van der Waals surface area contributed by atoms with Crippen molar-refractivity contribution in [2.24, 2.45) is 0 Å². The quantitative estimate of drug-likeness (QED) is 0.649. The van der Waals surface area contributed by atoms with E-state index in [1.165, 1.54) is 5.56 Å². The number of amides is 2. The lowest BCUT2D eigenvalue weighted by Gasteiger charge is -2.12. The third-order valence-corrected chi connectivity index (χ3v) is 4.70. The molecule has 1 aromatic heterocycles. The number of urea groups is 1. The van der Waals surface area contributed by atoms with Crippen LogP contribution in [0, 0.1) is 6.92 Å². The number of carbonyl (C=O) groups is 1. The molecule has 0 atom stereocenters. The molecule has 0 saturated carbocycles. The molecule has 1 aliphatic carbocycles.